The molecule has 2 rings (SSSR count). The largest absolute Gasteiger partial charge is 0.496 e. The van der Waals surface area contributed by atoms with E-state index in [1.165, 1.54) is 0 Å². The van der Waals surface area contributed by atoms with Crippen LogP contribution in [0, 0.1) is 6.92 Å². The minimum absolute atomic E-state index is 0.133. The molecule has 1 aromatic heterocycles. The van der Waals surface area contributed by atoms with Gasteiger partial charge >= 0.3 is 0 Å². The second-order valence-electron chi connectivity index (χ2n) is 3.99. The van der Waals surface area contributed by atoms with Gasteiger partial charge in [-0.2, -0.15) is 0 Å². The third-order valence-corrected chi connectivity index (χ3v) is 5.18. The maximum atomic E-state index is 6.31. The lowest BCUT2D eigenvalue weighted by Crippen LogP contribution is -2.11. The van der Waals surface area contributed by atoms with Gasteiger partial charge in [-0.15, -0.1) is 11.3 Å². The van der Waals surface area contributed by atoms with Gasteiger partial charge in [0, 0.05) is 0 Å². The Morgan fingerprint density at radius 2 is 2.00 bits per heavy atom. The molecule has 0 amide bonds. The summed E-state index contributed by atoms with van der Waals surface area (Å²) in [5, 5.41) is 0. The summed E-state index contributed by atoms with van der Waals surface area (Å²) in [5.41, 5.74) is 9.58. The highest BCUT2D eigenvalue weighted by molar-refractivity contribution is 9.12. The minimum Gasteiger partial charge on any atom is -0.496 e. The van der Waals surface area contributed by atoms with E-state index < -0.39 is 0 Å². The third-order valence-electron chi connectivity index (χ3n) is 2.80. The summed E-state index contributed by atoms with van der Waals surface area (Å²) >= 11 is 8.65. The molecule has 5 heteroatoms. The van der Waals surface area contributed by atoms with Crippen molar-refractivity contribution in [2.45, 2.75) is 13.0 Å². The minimum atomic E-state index is -0.133. The van der Waals surface area contributed by atoms with E-state index in [2.05, 4.69) is 44.0 Å². The molecule has 0 aliphatic heterocycles. The van der Waals surface area contributed by atoms with E-state index in [0.29, 0.717) is 0 Å². The first-order chi connectivity index (χ1) is 8.52. The summed E-state index contributed by atoms with van der Waals surface area (Å²) in [7, 11) is 1.68. The van der Waals surface area contributed by atoms with Gasteiger partial charge < -0.3 is 10.5 Å². The number of methoxy groups -OCH3 is 1. The van der Waals surface area contributed by atoms with Gasteiger partial charge in [0.1, 0.15) is 5.75 Å². The van der Waals surface area contributed by atoms with Crippen LogP contribution in [0.5, 0.6) is 5.75 Å². The lowest BCUT2D eigenvalue weighted by molar-refractivity contribution is 0.411. The fourth-order valence-electron chi connectivity index (χ4n) is 1.84. The van der Waals surface area contributed by atoms with Crippen LogP contribution in [0.2, 0.25) is 0 Å². The van der Waals surface area contributed by atoms with Crippen molar-refractivity contribution >= 4 is 43.2 Å². The summed E-state index contributed by atoms with van der Waals surface area (Å²) in [6.07, 6.45) is 0. The number of aryl methyl sites for hydroxylation is 1. The van der Waals surface area contributed by atoms with Gasteiger partial charge in [0.15, 0.2) is 0 Å². The topological polar surface area (TPSA) is 35.2 Å². The molecule has 0 radical (unpaired) electrons. The average Bonchev–Trinajstić information content (AvgIpc) is 2.67. The summed E-state index contributed by atoms with van der Waals surface area (Å²) < 4.78 is 7.40. The fourth-order valence-corrected chi connectivity index (χ4v) is 4.77. The Labute approximate surface area is 127 Å². The van der Waals surface area contributed by atoms with Crippen LogP contribution >= 0.6 is 43.2 Å². The van der Waals surface area contributed by atoms with Gasteiger partial charge in [0.2, 0.25) is 0 Å². The number of rotatable bonds is 3. The highest BCUT2D eigenvalue weighted by atomic mass is 79.9. The molecule has 2 aromatic rings. The quantitative estimate of drug-likeness (QED) is 0.828. The number of benzene rings is 1. The first-order valence-electron chi connectivity index (χ1n) is 5.37. The second-order valence-corrected chi connectivity index (χ2v) is 7.74. The maximum absolute atomic E-state index is 6.31. The smallest absolute Gasteiger partial charge is 0.121 e. The van der Waals surface area contributed by atoms with Gasteiger partial charge in [0.05, 0.1) is 20.7 Å². The molecule has 1 heterocycles. The molecular weight excluding hydrogens is 378 g/mol. The van der Waals surface area contributed by atoms with Gasteiger partial charge in [0.25, 0.3) is 0 Å². The van der Waals surface area contributed by atoms with Gasteiger partial charge in [-0.1, -0.05) is 12.1 Å². The molecular formula is C13H13Br2NOS. The molecule has 1 unspecified atom stereocenters. The molecule has 0 fully saturated rings. The number of thiophene rings is 1. The van der Waals surface area contributed by atoms with Crippen LogP contribution in [-0.2, 0) is 0 Å². The summed E-state index contributed by atoms with van der Waals surface area (Å²) in [4.78, 5) is 0. The predicted octanol–water partition coefficient (Wildman–Crippen LogP) is 4.64. The molecule has 2 nitrogen and oxygen atoms in total. The lowest BCUT2D eigenvalue weighted by Gasteiger charge is -2.14. The molecule has 1 aromatic carbocycles. The number of halogens is 2. The van der Waals surface area contributed by atoms with Gasteiger partial charge in [-0.25, -0.2) is 0 Å². The van der Waals surface area contributed by atoms with E-state index >= 15 is 0 Å². The molecule has 0 spiro atoms. The summed E-state index contributed by atoms with van der Waals surface area (Å²) in [5.74, 6) is 0.886. The van der Waals surface area contributed by atoms with Crippen molar-refractivity contribution in [3.8, 4) is 5.75 Å². The van der Waals surface area contributed by atoms with Gasteiger partial charge in [-0.05, 0) is 67.6 Å². The van der Waals surface area contributed by atoms with E-state index in [1.54, 1.807) is 18.4 Å². The molecule has 18 heavy (non-hydrogen) atoms. The Hall–Kier alpha value is -0.360. The van der Waals surface area contributed by atoms with Crippen molar-refractivity contribution in [2.24, 2.45) is 5.73 Å². The Bertz CT molecular complexity index is 568. The van der Waals surface area contributed by atoms with E-state index in [0.717, 1.165) is 30.0 Å². The molecule has 0 bridgehead atoms. The van der Waals surface area contributed by atoms with Crippen molar-refractivity contribution < 1.29 is 4.74 Å². The van der Waals surface area contributed by atoms with Crippen molar-refractivity contribution in [2.75, 3.05) is 7.11 Å². The monoisotopic (exact) mass is 389 g/mol. The van der Waals surface area contributed by atoms with E-state index in [4.69, 9.17) is 10.5 Å². The zero-order valence-corrected chi connectivity index (χ0v) is 14.0. The predicted molar refractivity (Wildman–Crippen MR) is 83.5 cm³/mol. The van der Waals surface area contributed by atoms with Crippen LogP contribution in [0.25, 0.3) is 0 Å². The maximum Gasteiger partial charge on any atom is 0.121 e. The number of ether oxygens (including phenoxy) is 1. The first kappa shape index (κ1) is 14.1. The summed E-state index contributed by atoms with van der Waals surface area (Å²) in [6.45, 7) is 2.02. The normalized spacial score (nSPS) is 12.5. The van der Waals surface area contributed by atoms with Crippen LogP contribution < -0.4 is 10.5 Å². The average molecular weight is 391 g/mol. The molecule has 2 N–H and O–H groups in total. The first-order valence-corrected chi connectivity index (χ1v) is 7.78. The van der Waals surface area contributed by atoms with Crippen LogP contribution in [0.15, 0.2) is 31.8 Å². The number of nitrogens with two attached hydrogens (primary N) is 1. The standard InChI is InChI=1S/C13H13Br2NOS/c1-7-5-8(3-4-10(7)17-2)12(16)9-6-11(14)18-13(9)15/h3-6,12H,16H2,1-2H3. The van der Waals surface area contributed by atoms with E-state index in [1.807, 2.05) is 19.1 Å². The van der Waals surface area contributed by atoms with Crippen molar-refractivity contribution in [3.63, 3.8) is 0 Å². The SMILES string of the molecule is COc1ccc(C(N)c2cc(Br)sc2Br)cc1C. The van der Waals surface area contributed by atoms with E-state index in [-0.39, 0.29) is 6.04 Å². The van der Waals surface area contributed by atoms with Crippen LogP contribution in [-0.4, -0.2) is 7.11 Å². The van der Waals surface area contributed by atoms with Crippen LogP contribution in [0.4, 0.5) is 0 Å². The molecule has 1 atom stereocenters. The summed E-state index contributed by atoms with van der Waals surface area (Å²) in [6, 6.07) is 7.96. The molecule has 0 saturated heterocycles. The highest BCUT2D eigenvalue weighted by Crippen LogP contribution is 2.37. The van der Waals surface area contributed by atoms with Crippen molar-refractivity contribution in [1.29, 1.82) is 0 Å². The second kappa shape index (κ2) is 5.74. The van der Waals surface area contributed by atoms with Crippen molar-refractivity contribution in [3.05, 3.63) is 48.5 Å². The van der Waals surface area contributed by atoms with Crippen LogP contribution in [0.3, 0.4) is 0 Å². The van der Waals surface area contributed by atoms with Gasteiger partial charge in [-0.3, -0.25) is 0 Å². The van der Waals surface area contributed by atoms with Crippen LogP contribution in [0.1, 0.15) is 22.7 Å². The number of hydrogen-bond donors (Lipinski definition) is 1. The highest BCUT2D eigenvalue weighted by Gasteiger charge is 2.16. The Balaban J connectivity index is 2.37. The van der Waals surface area contributed by atoms with Crippen molar-refractivity contribution in [1.82, 2.24) is 0 Å². The molecule has 96 valence electrons. The number of hydrogen-bond acceptors (Lipinski definition) is 3. The zero-order chi connectivity index (χ0) is 13.3. The molecule has 0 saturated carbocycles. The third kappa shape index (κ3) is 2.79. The Morgan fingerprint density at radius 3 is 2.50 bits per heavy atom. The molecule has 0 aliphatic rings. The van der Waals surface area contributed by atoms with E-state index in [9.17, 15) is 0 Å². The Kier molecular flexibility index (Phi) is 4.48. The zero-order valence-electron chi connectivity index (χ0n) is 10.0. The fraction of sp³-hybridized carbons (Fsp3) is 0.231. The Morgan fingerprint density at radius 1 is 1.28 bits per heavy atom. The molecule has 0 aliphatic carbocycles. The lowest BCUT2D eigenvalue weighted by atomic mass is 10.00.